The second-order valence-electron chi connectivity index (χ2n) is 7.77. The summed E-state index contributed by atoms with van der Waals surface area (Å²) in [6, 6.07) is 20.6. The zero-order valence-corrected chi connectivity index (χ0v) is 15.8. The van der Waals surface area contributed by atoms with Crippen molar-refractivity contribution in [2.75, 3.05) is 0 Å². The van der Waals surface area contributed by atoms with E-state index in [1.807, 2.05) is 0 Å². The van der Waals surface area contributed by atoms with Crippen molar-refractivity contribution in [2.24, 2.45) is 7.05 Å². The Morgan fingerprint density at radius 3 is 2.23 bits per heavy atom. The standard InChI is InChI=1S/C25H24N/c1-16-11-18-7-4-5-8-20(18)14-23(16)25-24-15-21-10-6-9-19(21)13-22(24)12-17(2)26(25)3/h4-5,7-8,11-15H,6,9-10H2,1-3H3/q+1. The molecule has 0 fully saturated rings. The molecule has 0 amide bonds. The smallest absolute Gasteiger partial charge is 0.198 e. The minimum Gasteiger partial charge on any atom is -0.198 e. The Morgan fingerprint density at radius 1 is 0.769 bits per heavy atom. The van der Waals surface area contributed by atoms with E-state index in [2.05, 4.69) is 80.1 Å². The molecule has 1 aliphatic carbocycles. The first-order valence-electron chi connectivity index (χ1n) is 9.57. The summed E-state index contributed by atoms with van der Waals surface area (Å²) in [7, 11) is 2.20. The first-order chi connectivity index (χ1) is 12.6. The van der Waals surface area contributed by atoms with Crippen LogP contribution in [0.2, 0.25) is 0 Å². The van der Waals surface area contributed by atoms with Crippen LogP contribution in [0, 0.1) is 13.8 Å². The zero-order chi connectivity index (χ0) is 17.8. The molecular formula is C25H24N+. The average molecular weight is 338 g/mol. The fourth-order valence-electron chi connectivity index (χ4n) is 4.58. The lowest BCUT2D eigenvalue weighted by Gasteiger charge is -2.13. The molecule has 0 saturated carbocycles. The molecule has 26 heavy (non-hydrogen) atoms. The van der Waals surface area contributed by atoms with Crippen LogP contribution in [-0.4, -0.2) is 0 Å². The maximum Gasteiger partial charge on any atom is 0.220 e. The van der Waals surface area contributed by atoms with Gasteiger partial charge in [-0.25, -0.2) is 0 Å². The number of nitrogens with zero attached hydrogens (tertiary/aromatic N) is 1. The molecular weight excluding hydrogens is 314 g/mol. The summed E-state index contributed by atoms with van der Waals surface area (Å²) in [5.41, 5.74) is 8.42. The van der Waals surface area contributed by atoms with Crippen molar-refractivity contribution in [3.63, 3.8) is 0 Å². The van der Waals surface area contributed by atoms with Crippen molar-refractivity contribution in [2.45, 2.75) is 33.1 Å². The maximum absolute atomic E-state index is 2.46. The highest BCUT2D eigenvalue weighted by Crippen LogP contribution is 2.35. The van der Waals surface area contributed by atoms with E-state index in [4.69, 9.17) is 0 Å². The van der Waals surface area contributed by atoms with Crippen LogP contribution in [0.5, 0.6) is 0 Å². The van der Waals surface area contributed by atoms with Gasteiger partial charge in [0.1, 0.15) is 7.05 Å². The average Bonchev–Trinajstić information content (AvgIpc) is 3.08. The van der Waals surface area contributed by atoms with E-state index in [-0.39, 0.29) is 0 Å². The highest BCUT2D eigenvalue weighted by molar-refractivity contribution is 5.98. The Hall–Kier alpha value is -2.67. The highest BCUT2D eigenvalue weighted by atomic mass is 14.9. The van der Waals surface area contributed by atoms with Crippen LogP contribution in [0.1, 0.15) is 28.8 Å². The summed E-state index contributed by atoms with van der Waals surface area (Å²) in [5.74, 6) is 0. The quantitative estimate of drug-likeness (QED) is 0.398. The number of aromatic nitrogens is 1. The molecule has 5 rings (SSSR count). The molecule has 1 heterocycles. The van der Waals surface area contributed by atoms with Crippen molar-refractivity contribution in [1.82, 2.24) is 0 Å². The molecule has 0 saturated heterocycles. The Morgan fingerprint density at radius 2 is 1.46 bits per heavy atom. The molecule has 0 aliphatic heterocycles. The molecule has 3 aromatic carbocycles. The van der Waals surface area contributed by atoms with Gasteiger partial charge in [-0.05, 0) is 71.2 Å². The van der Waals surface area contributed by atoms with Crippen LogP contribution >= 0.6 is 0 Å². The fraction of sp³-hybridized carbons (Fsp3) is 0.240. The van der Waals surface area contributed by atoms with Crippen molar-refractivity contribution >= 4 is 21.5 Å². The highest BCUT2D eigenvalue weighted by Gasteiger charge is 2.22. The molecule has 0 bridgehead atoms. The van der Waals surface area contributed by atoms with Crippen molar-refractivity contribution in [3.8, 4) is 11.3 Å². The van der Waals surface area contributed by atoms with Gasteiger partial charge in [-0.3, -0.25) is 0 Å². The molecule has 128 valence electrons. The van der Waals surface area contributed by atoms with Crippen LogP contribution in [0.25, 0.3) is 32.8 Å². The van der Waals surface area contributed by atoms with Crippen molar-refractivity contribution in [3.05, 3.63) is 77.0 Å². The lowest BCUT2D eigenvalue weighted by atomic mass is 9.94. The molecule has 0 unspecified atom stereocenters. The summed E-state index contributed by atoms with van der Waals surface area (Å²) < 4.78 is 2.36. The van der Waals surface area contributed by atoms with Gasteiger partial charge in [0.25, 0.3) is 0 Å². The molecule has 1 nitrogen and oxygen atoms in total. The van der Waals surface area contributed by atoms with Crippen molar-refractivity contribution in [1.29, 1.82) is 0 Å². The number of pyridine rings is 1. The SMILES string of the molecule is Cc1cc2ccccc2cc1-c1c2cc3c(cc2cc(C)[n+]1C)CCC3. The molecule has 1 aromatic heterocycles. The summed E-state index contributed by atoms with van der Waals surface area (Å²) in [5, 5.41) is 5.39. The second kappa shape index (κ2) is 5.67. The number of hydrogen-bond acceptors (Lipinski definition) is 0. The third-order valence-corrected chi connectivity index (χ3v) is 6.10. The monoisotopic (exact) mass is 338 g/mol. The van der Waals surface area contributed by atoms with Gasteiger partial charge in [-0.1, -0.05) is 36.4 Å². The van der Waals surface area contributed by atoms with Crippen molar-refractivity contribution < 1.29 is 4.57 Å². The number of fused-ring (bicyclic) bond motifs is 3. The Kier molecular flexibility index (Phi) is 3.40. The van der Waals surface area contributed by atoms with E-state index in [0.29, 0.717) is 0 Å². The molecule has 1 aliphatic rings. The second-order valence-corrected chi connectivity index (χ2v) is 7.77. The molecule has 4 aromatic rings. The van der Waals surface area contributed by atoms with Crippen LogP contribution in [-0.2, 0) is 19.9 Å². The minimum absolute atomic E-state index is 1.22. The van der Waals surface area contributed by atoms with E-state index in [9.17, 15) is 0 Å². The van der Waals surface area contributed by atoms with Gasteiger partial charge in [0.05, 0.1) is 10.9 Å². The molecule has 0 spiro atoms. The Balaban J connectivity index is 1.89. The third kappa shape index (κ3) is 2.27. The van der Waals surface area contributed by atoms with E-state index in [1.165, 1.54) is 63.3 Å². The van der Waals surface area contributed by atoms with Gasteiger partial charge >= 0.3 is 0 Å². The molecule has 0 radical (unpaired) electrons. The number of benzene rings is 3. The number of rotatable bonds is 1. The predicted molar refractivity (Wildman–Crippen MR) is 110 cm³/mol. The topological polar surface area (TPSA) is 3.88 Å². The number of aryl methyl sites for hydroxylation is 4. The summed E-state index contributed by atoms with van der Waals surface area (Å²) in [6.45, 7) is 4.45. The fourth-order valence-corrected chi connectivity index (χ4v) is 4.58. The molecule has 1 heteroatoms. The van der Waals surface area contributed by atoms with E-state index in [0.717, 1.165) is 0 Å². The molecule has 0 N–H and O–H groups in total. The van der Waals surface area contributed by atoms with Gasteiger partial charge < -0.3 is 0 Å². The van der Waals surface area contributed by atoms with Gasteiger partial charge in [0.2, 0.25) is 5.69 Å². The largest absolute Gasteiger partial charge is 0.220 e. The van der Waals surface area contributed by atoms with Crippen LogP contribution in [0.4, 0.5) is 0 Å². The lowest BCUT2D eigenvalue weighted by molar-refractivity contribution is -0.665. The Bertz CT molecular complexity index is 1180. The normalized spacial score (nSPS) is 13.5. The number of hydrogen-bond donors (Lipinski definition) is 0. The van der Waals surface area contributed by atoms with Gasteiger partial charge in [-0.2, -0.15) is 4.57 Å². The summed E-state index contributed by atoms with van der Waals surface area (Å²) in [6.07, 6.45) is 3.75. The molecule has 0 atom stereocenters. The summed E-state index contributed by atoms with van der Waals surface area (Å²) >= 11 is 0. The van der Waals surface area contributed by atoms with E-state index >= 15 is 0 Å². The lowest BCUT2D eigenvalue weighted by Crippen LogP contribution is -2.35. The first-order valence-corrected chi connectivity index (χ1v) is 9.57. The first kappa shape index (κ1) is 15.6. The van der Waals surface area contributed by atoms with Crippen LogP contribution in [0.15, 0.2) is 54.6 Å². The van der Waals surface area contributed by atoms with E-state index < -0.39 is 0 Å². The minimum atomic E-state index is 1.22. The van der Waals surface area contributed by atoms with Gasteiger partial charge in [-0.15, -0.1) is 0 Å². The van der Waals surface area contributed by atoms with Crippen LogP contribution < -0.4 is 4.57 Å². The zero-order valence-electron chi connectivity index (χ0n) is 15.8. The van der Waals surface area contributed by atoms with Crippen LogP contribution in [0.3, 0.4) is 0 Å². The van der Waals surface area contributed by atoms with Gasteiger partial charge in [0.15, 0.2) is 5.69 Å². The summed E-state index contributed by atoms with van der Waals surface area (Å²) in [4.78, 5) is 0. The van der Waals surface area contributed by atoms with E-state index in [1.54, 1.807) is 11.1 Å². The van der Waals surface area contributed by atoms with Gasteiger partial charge in [0, 0.05) is 13.0 Å². The third-order valence-electron chi connectivity index (χ3n) is 6.10. The predicted octanol–water partition coefficient (Wildman–Crippen LogP) is 5.59. The maximum atomic E-state index is 2.46. The Labute approximate surface area is 154 Å².